The van der Waals surface area contributed by atoms with Gasteiger partial charge in [-0.15, -0.1) is 0 Å². The molecule has 5 nitrogen and oxygen atoms in total. The van der Waals surface area contributed by atoms with Crippen LogP contribution in [0.4, 0.5) is 4.79 Å². The number of rotatable bonds is 5. The molecule has 0 spiro atoms. The van der Waals surface area contributed by atoms with Crippen LogP contribution in [0.5, 0.6) is 0 Å². The number of carbonyl (C=O) groups excluding carboxylic acids is 1. The van der Waals surface area contributed by atoms with Gasteiger partial charge in [0.1, 0.15) is 0 Å². The Morgan fingerprint density at radius 1 is 1.04 bits per heavy atom. The standard InChI is InChI=1S/C20H25NO4S/c1-14-6-11-18(12-15(14)2)26(23,24)13-16-7-9-17(10-8-16)20(3,4)21-19(22)25-5/h6-12H,13H2,1-5H3,(H,21,22). The zero-order valence-corrected chi connectivity index (χ0v) is 16.6. The molecule has 0 aliphatic heterocycles. The Bertz CT molecular complexity index is 900. The summed E-state index contributed by atoms with van der Waals surface area (Å²) in [4.78, 5) is 11.8. The first-order chi connectivity index (χ1) is 12.0. The van der Waals surface area contributed by atoms with Gasteiger partial charge in [-0.05, 0) is 62.1 Å². The first-order valence-electron chi connectivity index (χ1n) is 8.31. The number of hydrogen-bond acceptors (Lipinski definition) is 4. The maximum Gasteiger partial charge on any atom is 0.407 e. The molecule has 1 amide bonds. The SMILES string of the molecule is COC(=O)NC(C)(C)c1ccc(CS(=O)(=O)c2ccc(C)c(C)c2)cc1. The van der Waals surface area contributed by atoms with Crippen LogP contribution in [0.15, 0.2) is 47.4 Å². The molecule has 0 aliphatic carbocycles. The number of aryl methyl sites for hydroxylation is 2. The number of nitrogens with one attached hydrogen (secondary N) is 1. The minimum Gasteiger partial charge on any atom is -0.453 e. The largest absolute Gasteiger partial charge is 0.453 e. The second kappa shape index (κ2) is 7.50. The molecule has 0 saturated carbocycles. The molecule has 0 atom stereocenters. The van der Waals surface area contributed by atoms with E-state index in [-0.39, 0.29) is 5.75 Å². The lowest BCUT2D eigenvalue weighted by molar-refractivity contribution is 0.159. The molecule has 0 bridgehead atoms. The van der Waals surface area contributed by atoms with Crippen molar-refractivity contribution in [3.05, 3.63) is 64.7 Å². The third-order valence-electron chi connectivity index (χ3n) is 4.47. The molecule has 2 rings (SSSR count). The number of carbonyl (C=O) groups is 1. The number of amides is 1. The first kappa shape index (κ1) is 20.0. The summed E-state index contributed by atoms with van der Waals surface area (Å²) in [5.74, 6) is -0.0688. The zero-order chi connectivity index (χ0) is 19.5. The van der Waals surface area contributed by atoms with E-state index in [1.165, 1.54) is 7.11 Å². The summed E-state index contributed by atoms with van der Waals surface area (Å²) in [6, 6.07) is 12.4. The molecule has 0 aromatic heterocycles. The Hall–Kier alpha value is -2.34. The topological polar surface area (TPSA) is 72.5 Å². The van der Waals surface area contributed by atoms with E-state index in [2.05, 4.69) is 10.1 Å². The molecule has 0 heterocycles. The van der Waals surface area contributed by atoms with E-state index in [4.69, 9.17) is 0 Å². The van der Waals surface area contributed by atoms with Gasteiger partial charge in [-0.25, -0.2) is 13.2 Å². The summed E-state index contributed by atoms with van der Waals surface area (Å²) in [7, 11) is -2.10. The van der Waals surface area contributed by atoms with Crippen molar-refractivity contribution in [2.75, 3.05) is 7.11 Å². The van der Waals surface area contributed by atoms with Gasteiger partial charge >= 0.3 is 6.09 Å². The van der Waals surface area contributed by atoms with Crippen molar-refractivity contribution >= 4 is 15.9 Å². The first-order valence-corrected chi connectivity index (χ1v) is 9.96. The van der Waals surface area contributed by atoms with Crippen molar-refractivity contribution in [1.29, 1.82) is 0 Å². The Kier molecular flexibility index (Phi) is 5.76. The van der Waals surface area contributed by atoms with Crippen molar-refractivity contribution in [2.45, 2.75) is 43.9 Å². The van der Waals surface area contributed by atoms with Gasteiger partial charge < -0.3 is 10.1 Å². The lowest BCUT2D eigenvalue weighted by Gasteiger charge is -2.26. The highest BCUT2D eigenvalue weighted by Crippen LogP contribution is 2.23. The summed E-state index contributed by atoms with van der Waals surface area (Å²) in [5, 5.41) is 2.75. The van der Waals surface area contributed by atoms with Gasteiger partial charge in [0, 0.05) is 0 Å². The monoisotopic (exact) mass is 375 g/mol. The number of benzene rings is 2. The molecule has 6 heteroatoms. The number of hydrogen-bond donors (Lipinski definition) is 1. The fraction of sp³-hybridized carbons (Fsp3) is 0.350. The third-order valence-corrected chi connectivity index (χ3v) is 6.16. The minimum absolute atomic E-state index is 0.0688. The molecule has 26 heavy (non-hydrogen) atoms. The van der Waals surface area contributed by atoms with Crippen molar-refractivity contribution in [3.8, 4) is 0 Å². The molecular weight excluding hydrogens is 350 g/mol. The van der Waals surface area contributed by atoms with Crippen LogP contribution >= 0.6 is 0 Å². The van der Waals surface area contributed by atoms with Gasteiger partial charge in [-0.1, -0.05) is 30.3 Å². The van der Waals surface area contributed by atoms with Crippen LogP contribution in [0.1, 0.15) is 36.1 Å². The van der Waals surface area contributed by atoms with Gasteiger partial charge in [0.15, 0.2) is 9.84 Å². The summed E-state index contributed by atoms with van der Waals surface area (Å²) in [6.45, 7) is 7.56. The predicted octanol–water partition coefficient (Wildman–Crippen LogP) is 3.87. The molecular formula is C20H25NO4S. The summed E-state index contributed by atoms with van der Waals surface area (Å²) in [5.41, 5.74) is 2.94. The predicted molar refractivity (Wildman–Crippen MR) is 102 cm³/mol. The van der Waals surface area contributed by atoms with Gasteiger partial charge in [0.25, 0.3) is 0 Å². The lowest BCUT2D eigenvalue weighted by Crippen LogP contribution is -2.40. The maximum atomic E-state index is 12.7. The smallest absolute Gasteiger partial charge is 0.407 e. The van der Waals surface area contributed by atoms with Crippen molar-refractivity contribution < 1.29 is 17.9 Å². The van der Waals surface area contributed by atoms with Crippen LogP contribution < -0.4 is 5.32 Å². The van der Waals surface area contributed by atoms with Crippen LogP contribution in [-0.2, 0) is 25.9 Å². The number of sulfone groups is 1. The average Bonchev–Trinajstić information content (AvgIpc) is 2.57. The van der Waals surface area contributed by atoms with Gasteiger partial charge in [-0.3, -0.25) is 0 Å². The number of alkyl carbamates (subject to hydrolysis) is 1. The zero-order valence-electron chi connectivity index (χ0n) is 15.8. The number of ether oxygens (including phenoxy) is 1. The second-order valence-corrected chi connectivity index (χ2v) is 8.93. The molecule has 2 aromatic carbocycles. The van der Waals surface area contributed by atoms with Crippen molar-refractivity contribution in [1.82, 2.24) is 5.32 Å². The van der Waals surface area contributed by atoms with E-state index in [1.54, 1.807) is 24.3 Å². The van der Waals surface area contributed by atoms with Crippen LogP contribution in [-0.4, -0.2) is 21.6 Å². The van der Waals surface area contributed by atoms with Gasteiger partial charge in [0.2, 0.25) is 0 Å². The van der Waals surface area contributed by atoms with Crippen molar-refractivity contribution in [2.24, 2.45) is 0 Å². The van der Waals surface area contributed by atoms with E-state index in [9.17, 15) is 13.2 Å². The quantitative estimate of drug-likeness (QED) is 0.861. The fourth-order valence-electron chi connectivity index (χ4n) is 2.61. The normalized spacial score (nSPS) is 11.9. The van der Waals surface area contributed by atoms with Gasteiger partial charge in [-0.2, -0.15) is 0 Å². The molecule has 1 N–H and O–H groups in total. The molecule has 0 unspecified atom stereocenters. The molecule has 0 aliphatic rings. The molecule has 0 fully saturated rings. The Labute approximate surface area is 155 Å². The van der Waals surface area contributed by atoms with Crippen LogP contribution in [0.25, 0.3) is 0 Å². The highest BCUT2D eigenvalue weighted by molar-refractivity contribution is 7.90. The van der Waals surface area contributed by atoms with Crippen LogP contribution in [0.2, 0.25) is 0 Å². The number of methoxy groups -OCH3 is 1. The summed E-state index contributed by atoms with van der Waals surface area (Å²) >= 11 is 0. The van der Waals surface area contributed by atoms with E-state index in [0.717, 1.165) is 16.7 Å². The van der Waals surface area contributed by atoms with Crippen molar-refractivity contribution in [3.63, 3.8) is 0 Å². The summed E-state index contributed by atoms with van der Waals surface area (Å²) in [6.07, 6.45) is -0.517. The van der Waals surface area contributed by atoms with E-state index >= 15 is 0 Å². The highest BCUT2D eigenvalue weighted by Gasteiger charge is 2.23. The molecule has 2 aromatic rings. The summed E-state index contributed by atoms with van der Waals surface area (Å²) < 4.78 is 30.0. The molecule has 140 valence electrons. The maximum absolute atomic E-state index is 12.7. The Morgan fingerprint density at radius 2 is 1.65 bits per heavy atom. The second-order valence-electron chi connectivity index (χ2n) is 6.94. The van der Waals surface area contributed by atoms with E-state index in [1.807, 2.05) is 45.9 Å². The molecule has 0 radical (unpaired) electrons. The Balaban J connectivity index is 2.20. The fourth-order valence-corrected chi connectivity index (χ4v) is 4.04. The van der Waals surface area contributed by atoms with E-state index in [0.29, 0.717) is 10.5 Å². The van der Waals surface area contributed by atoms with E-state index < -0.39 is 21.5 Å². The van der Waals surface area contributed by atoms with Crippen LogP contribution in [0.3, 0.4) is 0 Å². The van der Waals surface area contributed by atoms with Crippen LogP contribution in [0, 0.1) is 13.8 Å². The van der Waals surface area contributed by atoms with Gasteiger partial charge in [0.05, 0.1) is 23.3 Å². The Morgan fingerprint density at radius 3 is 2.19 bits per heavy atom. The lowest BCUT2D eigenvalue weighted by atomic mass is 9.94. The minimum atomic E-state index is -3.41. The average molecular weight is 375 g/mol. The third kappa shape index (κ3) is 4.64. The molecule has 0 saturated heterocycles. The highest BCUT2D eigenvalue weighted by atomic mass is 32.2.